The molecule has 0 bridgehead atoms. The van der Waals surface area contributed by atoms with Crippen molar-refractivity contribution in [2.75, 3.05) is 7.11 Å². The van der Waals surface area contributed by atoms with Gasteiger partial charge in [0.15, 0.2) is 0 Å². The predicted octanol–water partition coefficient (Wildman–Crippen LogP) is 2.65. The topological polar surface area (TPSA) is 26.3 Å². The van der Waals surface area contributed by atoms with E-state index in [1.807, 2.05) is 0 Å². The molecule has 14 heavy (non-hydrogen) atoms. The van der Waals surface area contributed by atoms with Gasteiger partial charge in [-0.15, -0.1) is 0 Å². The number of esters is 1. The fraction of sp³-hybridized carbons (Fsp3) is 0.182. The molecule has 0 atom stereocenters. The van der Waals surface area contributed by atoms with Crippen molar-refractivity contribution in [3.63, 3.8) is 0 Å². The minimum absolute atomic E-state index is 0.241. The van der Waals surface area contributed by atoms with Crippen molar-refractivity contribution in [3.05, 3.63) is 41.2 Å². The maximum atomic E-state index is 13.3. The molecule has 0 N–H and O–H groups in total. The van der Waals surface area contributed by atoms with Crippen LogP contribution in [0.1, 0.15) is 22.8 Å². The summed E-state index contributed by atoms with van der Waals surface area (Å²) in [4.78, 5) is 11.2. The second-order valence-corrected chi connectivity index (χ2v) is 2.69. The number of rotatable bonds is 2. The van der Waals surface area contributed by atoms with E-state index in [1.54, 1.807) is 19.1 Å². The largest absolute Gasteiger partial charge is 0.465 e. The molecule has 0 saturated heterocycles. The maximum Gasteiger partial charge on any atom is 0.338 e. The number of ether oxygens (including phenoxy) is 1. The molecular formula is C11H11FO2. The van der Waals surface area contributed by atoms with Crippen LogP contribution in [-0.4, -0.2) is 13.1 Å². The first-order chi connectivity index (χ1) is 6.70. The molecule has 0 radical (unpaired) electrons. The lowest BCUT2D eigenvalue weighted by molar-refractivity contribution is 0.0600. The highest BCUT2D eigenvalue weighted by atomic mass is 19.1. The van der Waals surface area contributed by atoms with E-state index in [4.69, 9.17) is 0 Å². The van der Waals surface area contributed by atoms with Crippen molar-refractivity contribution >= 4 is 12.0 Å². The molecule has 0 aliphatic carbocycles. The summed E-state index contributed by atoms with van der Waals surface area (Å²) < 4.78 is 17.8. The molecule has 3 heteroatoms. The number of carbonyl (C=O) groups excluding carboxylic acids is 1. The summed E-state index contributed by atoms with van der Waals surface area (Å²) in [6.45, 7) is 1.76. The van der Waals surface area contributed by atoms with Gasteiger partial charge in [0.05, 0.1) is 12.7 Å². The second kappa shape index (κ2) is 4.56. The molecule has 1 aromatic carbocycles. The zero-order valence-electron chi connectivity index (χ0n) is 8.08. The van der Waals surface area contributed by atoms with E-state index in [-0.39, 0.29) is 11.1 Å². The Bertz CT molecular complexity index is 370. The van der Waals surface area contributed by atoms with Gasteiger partial charge in [-0.3, -0.25) is 0 Å². The lowest BCUT2D eigenvalue weighted by Gasteiger charge is -2.04. The van der Waals surface area contributed by atoms with Gasteiger partial charge in [-0.2, -0.15) is 0 Å². The highest BCUT2D eigenvalue weighted by molar-refractivity contribution is 5.93. The summed E-state index contributed by atoms with van der Waals surface area (Å²) in [6.07, 6.45) is 3.21. The van der Waals surface area contributed by atoms with Gasteiger partial charge < -0.3 is 4.74 Å². The van der Waals surface area contributed by atoms with Crippen molar-refractivity contribution in [1.82, 2.24) is 0 Å². The molecule has 0 spiro atoms. The number of methoxy groups -OCH3 is 1. The Kier molecular flexibility index (Phi) is 3.40. The molecule has 1 aromatic rings. The van der Waals surface area contributed by atoms with Crippen LogP contribution in [0.3, 0.4) is 0 Å². The van der Waals surface area contributed by atoms with Crippen LogP contribution >= 0.6 is 0 Å². The Balaban J connectivity index is 3.27. The fourth-order valence-electron chi connectivity index (χ4n) is 1.16. The first-order valence-electron chi connectivity index (χ1n) is 4.20. The van der Waals surface area contributed by atoms with Gasteiger partial charge in [0, 0.05) is 5.56 Å². The van der Waals surface area contributed by atoms with Gasteiger partial charge in [-0.25, -0.2) is 9.18 Å². The van der Waals surface area contributed by atoms with Crippen molar-refractivity contribution in [1.29, 1.82) is 0 Å². The highest BCUT2D eigenvalue weighted by Gasteiger charge is 2.12. The SMILES string of the molecule is C/C=C/c1c(F)cccc1C(=O)OC. The molecule has 0 aliphatic rings. The van der Waals surface area contributed by atoms with Crippen molar-refractivity contribution in [2.45, 2.75) is 6.92 Å². The molecule has 74 valence electrons. The van der Waals surface area contributed by atoms with E-state index in [0.29, 0.717) is 0 Å². The second-order valence-electron chi connectivity index (χ2n) is 2.69. The average molecular weight is 194 g/mol. The molecule has 0 heterocycles. The van der Waals surface area contributed by atoms with Crippen LogP contribution in [0.25, 0.3) is 6.08 Å². The third-order valence-corrected chi connectivity index (χ3v) is 1.79. The third-order valence-electron chi connectivity index (χ3n) is 1.79. The summed E-state index contributed by atoms with van der Waals surface area (Å²) in [5.74, 6) is -0.955. The van der Waals surface area contributed by atoms with Crippen molar-refractivity contribution in [3.8, 4) is 0 Å². The Morgan fingerprint density at radius 2 is 2.21 bits per heavy atom. The Morgan fingerprint density at radius 3 is 2.79 bits per heavy atom. The number of benzene rings is 1. The molecule has 0 amide bonds. The van der Waals surface area contributed by atoms with E-state index in [2.05, 4.69) is 4.74 Å². The average Bonchev–Trinajstić information content (AvgIpc) is 2.20. The normalized spacial score (nSPS) is 10.5. The molecule has 2 nitrogen and oxygen atoms in total. The lowest BCUT2D eigenvalue weighted by Crippen LogP contribution is -2.04. The minimum Gasteiger partial charge on any atom is -0.465 e. The van der Waals surface area contributed by atoms with E-state index in [0.717, 1.165) is 0 Å². The minimum atomic E-state index is -0.530. The maximum absolute atomic E-state index is 13.3. The van der Waals surface area contributed by atoms with Crippen LogP contribution in [-0.2, 0) is 4.74 Å². The Hall–Kier alpha value is -1.64. The Labute approximate surface area is 82.0 Å². The summed E-state index contributed by atoms with van der Waals surface area (Å²) in [6, 6.07) is 4.32. The van der Waals surface area contributed by atoms with Crippen LogP contribution < -0.4 is 0 Å². The molecular weight excluding hydrogens is 183 g/mol. The van der Waals surface area contributed by atoms with Gasteiger partial charge in [-0.1, -0.05) is 18.2 Å². The van der Waals surface area contributed by atoms with Gasteiger partial charge in [-0.05, 0) is 19.1 Å². The van der Waals surface area contributed by atoms with E-state index in [9.17, 15) is 9.18 Å². The highest BCUT2D eigenvalue weighted by Crippen LogP contribution is 2.16. The fourth-order valence-corrected chi connectivity index (χ4v) is 1.16. The van der Waals surface area contributed by atoms with Crippen molar-refractivity contribution < 1.29 is 13.9 Å². The smallest absolute Gasteiger partial charge is 0.338 e. The first-order valence-corrected chi connectivity index (χ1v) is 4.20. The van der Waals surface area contributed by atoms with E-state index in [1.165, 1.54) is 25.3 Å². The molecule has 0 fully saturated rings. The zero-order valence-corrected chi connectivity index (χ0v) is 8.08. The molecule has 0 aromatic heterocycles. The summed E-state index contributed by atoms with van der Waals surface area (Å²) >= 11 is 0. The summed E-state index contributed by atoms with van der Waals surface area (Å²) in [7, 11) is 1.27. The van der Waals surface area contributed by atoms with Gasteiger partial charge >= 0.3 is 5.97 Å². The molecule has 1 rings (SSSR count). The number of hydrogen-bond donors (Lipinski definition) is 0. The van der Waals surface area contributed by atoms with Crippen LogP contribution in [0.2, 0.25) is 0 Å². The Morgan fingerprint density at radius 1 is 1.50 bits per heavy atom. The zero-order chi connectivity index (χ0) is 10.6. The van der Waals surface area contributed by atoms with Gasteiger partial charge in [0.1, 0.15) is 5.82 Å². The van der Waals surface area contributed by atoms with Gasteiger partial charge in [0.2, 0.25) is 0 Å². The quantitative estimate of drug-likeness (QED) is 0.676. The summed E-state index contributed by atoms with van der Waals surface area (Å²) in [5.41, 5.74) is 0.507. The van der Waals surface area contributed by atoms with Crippen LogP contribution in [0, 0.1) is 5.82 Å². The monoisotopic (exact) mass is 194 g/mol. The number of hydrogen-bond acceptors (Lipinski definition) is 2. The predicted molar refractivity (Wildman–Crippen MR) is 52.4 cm³/mol. The number of halogens is 1. The first kappa shape index (κ1) is 10.4. The van der Waals surface area contributed by atoms with Crippen LogP contribution in [0.5, 0.6) is 0 Å². The summed E-state index contributed by atoms with van der Waals surface area (Å²) in [5, 5.41) is 0. The van der Waals surface area contributed by atoms with Crippen LogP contribution in [0.15, 0.2) is 24.3 Å². The van der Waals surface area contributed by atoms with E-state index < -0.39 is 11.8 Å². The molecule has 0 aliphatic heterocycles. The third kappa shape index (κ3) is 1.99. The lowest BCUT2D eigenvalue weighted by atomic mass is 10.1. The molecule has 0 saturated carbocycles. The molecule has 0 unspecified atom stereocenters. The number of allylic oxidation sites excluding steroid dienone is 1. The van der Waals surface area contributed by atoms with E-state index >= 15 is 0 Å². The van der Waals surface area contributed by atoms with Gasteiger partial charge in [0.25, 0.3) is 0 Å². The van der Waals surface area contributed by atoms with Crippen molar-refractivity contribution in [2.24, 2.45) is 0 Å². The standard InChI is InChI=1S/C11H11FO2/c1-3-5-8-9(11(13)14-2)6-4-7-10(8)12/h3-7H,1-2H3/b5-3+. The van der Waals surface area contributed by atoms with Crippen LogP contribution in [0.4, 0.5) is 4.39 Å². The number of carbonyl (C=O) groups is 1.